The maximum Gasteiger partial charge on any atom is 0.272 e. The van der Waals surface area contributed by atoms with Crippen LogP contribution in [0, 0.1) is 0 Å². The van der Waals surface area contributed by atoms with Gasteiger partial charge in [-0.1, -0.05) is 0 Å². The third-order valence-electron chi connectivity index (χ3n) is 4.37. The SMILES string of the molecule is COc1ccc(Nc2cc(C(=O)N(C)CCc3ccncc3)ncn2)cc1OC. The molecule has 0 fully saturated rings. The molecule has 0 saturated heterocycles. The number of rotatable bonds is 8. The third kappa shape index (κ3) is 5.19. The number of nitrogens with zero attached hydrogens (tertiary/aromatic N) is 4. The van der Waals surface area contributed by atoms with Crippen LogP contribution in [-0.4, -0.2) is 53.6 Å². The summed E-state index contributed by atoms with van der Waals surface area (Å²) in [5.74, 6) is 1.57. The van der Waals surface area contributed by atoms with Crippen molar-refractivity contribution in [1.82, 2.24) is 19.9 Å². The molecule has 1 aromatic carbocycles. The van der Waals surface area contributed by atoms with Crippen molar-refractivity contribution in [3.8, 4) is 11.5 Å². The van der Waals surface area contributed by atoms with Crippen LogP contribution in [0.3, 0.4) is 0 Å². The van der Waals surface area contributed by atoms with Crippen LogP contribution in [0.4, 0.5) is 11.5 Å². The summed E-state index contributed by atoms with van der Waals surface area (Å²) in [6.07, 6.45) is 5.60. The Morgan fingerprint density at radius 3 is 2.52 bits per heavy atom. The molecule has 8 heteroatoms. The molecule has 0 atom stereocenters. The maximum atomic E-state index is 12.7. The molecule has 1 N–H and O–H groups in total. The minimum absolute atomic E-state index is 0.170. The minimum atomic E-state index is -0.170. The predicted octanol–water partition coefficient (Wildman–Crippen LogP) is 2.95. The molecule has 0 spiro atoms. The van der Waals surface area contributed by atoms with Gasteiger partial charge in [0.25, 0.3) is 5.91 Å². The van der Waals surface area contributed by atoms with Crippen molar-refractivity contribution in [1.29, 1.82) is 0 Å². The van der Waals surface area contributed by atoms with Gasteiger partial charge in [-0.15, -0.1) is 0 Å². The highest BCUT2D eigenvalue weighted by molar-refractivity contribution is 5.92. The van der Waals surface area contributed by atoms with E-state index in [1.807, 2.05) is 18.2 Å². The number of hydrogen-bond acceptors (Lipinski definition) is 7. The monoisotopic (exact) mass is 393 g/mol. The molecule has 0 radical (unpaired) electrons. The molecule has 29 heavy (non-hydrogen) atoms. The first kappa shape index (κ1) is 20.1. The van der Waals surface area contributed by atoms with Gasteiger partial charge in [-0.2, -0.15) is 0 Å². The van der Waals surface area contributed by atoms with E-state index in [-0.39, 0.29) is 5.91 Å². The lowest BCUT2D eigenvalue weighted by Crippen LogP contribution is -2.29. The van der Waals surface area contributed by atoms with Crippen molar-refractivity contribution in [2.24, 2.45) is 0 Å². The van der Waals surface area contributed by atoms with Crippen molar-refractivity contribution in [3.05, 3.63) is 66.4 Å². The minimum Gasteiger partial charge on any atom is -0.493 e. The number of hydrogen-bond donors (Lipinski definition) is 1. The number of benzene rings is 1. The smallest absolute Gasteiger partial charge is 0.272 e. The number of amides is 1. The van der Waals surface area contributed by atoms with E-state index >= 15 is 0 Å². The zero-order chi connectivity index (χ0) is 20.6. The molecule has 0 aliphatic heterocycles. The second-order valence-electron chi connectivity index (χ2n) is 6.32. The van der Waals surface area contributed by atoms with Gasteiger partial charge in [-0.25, -0.2) is 9.97 Å². The van der Waals surface area contributed by atoms with Crippen LogP contribution in [0.15, 0.2) is 55.1 Å². The first-order valence-corrected chi connectivity index (χ1v) is 9.06. The number of anilines is 2. The summed E-state index contributed by atoms with van der Waals surface area (Å²) in [7, 11) is 4.91. The highest BCUT2D eigenvalue weighted by atomic mass is 16.5. The number of aromatic nitrogens is 3. The van der Waals surface area contributed by atoms with E-state index in [0.29, 0.717) is 29.6 Å². The van der Waals surface area contributed by atoms with E-state index in [2.05, 4.69) is 20.3 Å². The average Bonchev–Trinajstić information content (AvgIpc) is 2.77. The molecule has 0 aliphatic rings. The molecule has 1 amide bonds. The number of methoxy groups -OCH3 is 2. The summed E-state index contributed by atoms with van der Waals surface area (Å²) < 4.78 is 10.6. The molecule has 0 aliphatic carbocycles. The predicted molar refractivity (Wildman–Crippen MR) is 110 cm³/mol. The Morgan fingerprint density at radius 1 is 1.03 bits per heavy atom. The van der Waals surface area contributed by atoms with Crippen LogP contribution in [0.1, 0.15) is 16.1 Å². The summed E-state index contributed by atoms with van der Waals surface area (Å²) in [4.78, 5) is 26.7. The average molecular weight is 393 g/mol. The van der Waals surface area contributed by atoms with Gasteiger partial charge in [0.2, 0.25) is 0 Å². The largest absolute Gasteiger partial charge is 0.493 e. The molecule has 0 saturated carbocycles. The highest BCUT2D eigenvalue weighted by Gasteiger charge is 2.14. The van der Waals surface area contributed by atoms with Crippen LogP contribution >= 0.6 is 0 Å². The van der Waals surface area contributed by atoms with Crippen molar-refractivity contribution in [2.45, 2.75) is 6.42 Å². The summed E-state index contributed by atoms with van der Waals surface area (Å²) in [6.45, 7) is 0.575. The Bertz CT molecular complexity index is 966. The van der Waals surface area contributed by atoms with Gasteiger partial charge in [0.1, 0.15) is 17.8 Å². The first-order chi connectivity index (χ1) is 14.1. The Balaban J connectivity index is 1.67. The molecular weight excluding hydrogens is 370 g/mol. The fourth-order valence-electron chi connectivity index (χ4n) is 2.75. The topological polar surface area (TPSA) is 89.5 Å². The molecule has 2 aromatic heterocycles. The van der Waals surface area contributed by atoms with E-state index in [9.17, 15) is 4.79 Å². The van der Waals surface area contributed by atoms with Crippen molar-refractivity contribution < 1.29 is 14.3 Å². The molecule has 3 aromatic rings. The second kappa shape index (κ2) is 9.50. The maximum absolute atomic E-state index is 12.7. The molecule has 2 heterocycles. The molecule has 0 bridgehead atoms. The number of carbonyl (C=O) groups is 1. The van der Waals surface area contributed by atoms with E-state index in [4.69, 9.17) is 9.47 Å². The van der Waals surface area contributed by atoms with E-state index in [0.717, 1.165) is 17.7 Å². The van der Waals surface area contributed by atoms with Gasteiger partial charge in [0.15, 0.2) is 11.5 Å². The fourth-order valence-corrected chi connectivity index (χ4v) is 2.75. The van der Waals surface area contributed by atoms with Crippen molar-refractivity contribution >= 4 is 17.4 Å². The van der Waals surface area contributed by atoms with E-state index < -0.39 is 0 Å². The Morgan fingerprint density at radius 2 is 1.79 bits per heavy atom. The number of likely N-dealkylation sites (N-methyl/N-ethyl adjacent to an activating group) is 1. The number of pyridine rings is 1. The van der Waals surface area contributed by atoms with Gasteiger partial charge in [-0.3, -0.25) is 9.78 Å². The van der Waals surface area contributed by atoms with Gasteiger partial charge >= 0.3 is 0 Å². The van der Waals surface area contributed by atoms with Crippen LogP contribution in [0.2, 0.25) is 0 Å². The molecule has 3 rings (SSSR count). The zero-order valence-corrected chi connectivity index (χ0v) is 16.6. The quantitative estimate of drug-likeness (QED) is 0.629. The lowest BCUT2D eigenvalue weighted by molar-refractivity contribution is 0.0790. The molecular formula is C21H23N5O3. The third-order valence-corrected chi connectivity index (χ3v) is 4.37. The Kier molecular flexibility index (Phi) is 6.57. The molecule has 150 valence electrons. The van der Waals surface area contributed by atoms with Crippen LogP contribution in [-0.2, 0) is 6.42 Å². The summed E-state index contributed by atoms with van der Waals surface area (Å²) in [5.41, 5.74) is 2.20. The molecule has 8 nitrogen and oxygen atoms in total. The highest BCUT2D eigenvalue weighted by Crippen LogP contribution is 2.30. The normalized spacial score (nSPS) is 10.3. The zero-order valence-electron chi connectivity index (χ0n) is 16.6. The number of ether oxygens (including phenoxy) is 2. The van der Waals surface area contributed by atoms with Crippen LogP contribution in [0.25, 0.3) is 0 Å². The van der Waals surface area contributed by atoms with Gasteiger partial charge in [-0.05, 0) is 36.2 Å². The molecule has 0 unspecified atom stereocenters. The summed E-state index contributed by atoms with van der Waals surface area (Å²) in [5, 5.41) is 3.16. The lowest BCUT2D eigenvalue weighted by atomic mass is 10.2. The Labute approximate surface area is 169 Å². The van der Waals surface area contributed by atoms with Crippen LogP contribution < -0.4 is 14.8 Å². The van der Waals surface area contributed by atoms with E-state index in [1.54, 1.807) is 56.8 Å². The lowest BCUT2D eigenvalue weighted by Gasteiger charge is -2.17. The number of nitrogens with one attached hydrogen (secondary N) is 1. The standard InChI is InChI=1S/C21H23N5O3/c1-26(11-8-15-6-9-22-10-7-15)21(27)17-13-20(24-14-23-17)25-16-4-5-18(28-2)19(12-16)29-3/h4-7,9-10,12-14H,8,11H2,1-3H3,(H,23,24,25). The first-order valence-electron chi connectivity index (χ1n) is 9.06. The summed E-state index contributed by atoms with van der Waals surface area (Å²) in [6, 6.07) is 10.9. The van der Waals surface area contributed by atoms with Gasteiger partial charge in [0.05, 0.1) is 14.2 Å². The fraction of sp³-hybridized carbons (Fsp3) is 0.238. The Hall–Kier alpha value is -3.68. The second-order valence-corrected chi connectivity index (χ2v) is 6.32. The van der Waals surface area contributed by atoms with Gasteiger partial charge in [0, 0.05) is 43.8 Å². The summed E-state index contributed by atoms with van der Waals surface area (Å²) >= 11 is 0. The van der Waals surface area contributed by atoms with Gasteiger partial charge < -0.3 is 19.7 Å². The number of carbonyl (C=O) groups excluding carboxylic acids is 1. The van der Waals surface area contributed by atoms with E-state index in [1.165, 1.54) is 6.33 Å². The van der Waals surface area contributed by atoms with Crippen LogP contribution in [0.5, 0.6) is 11.5 Å². The van der Waals surface area contributed by atoms with Crippen molar-refractivity contribution in [3.63, 3.8) is 0 Å². The van der Waals surface area contributed by atoms with Crippen molar-refractivity contribution in [2.75, 3.05) is 33.1 Å².